The standard InChI is InChI=1S/C9H13N3O5/c1-5-2-6(17-12-5)3-10-9(16)11-4-7(13)8(14)15/h2,7,13H,3-4H2,1H3,(H,14,15)(H2,10,11,16). The van der Waals surface area contributed by atoms with Gasteiger partial charge in [-0.2, -0.15) is 0 Å². The average molecular weight is 243 g/mol. The molecular formula is C9H13N3O5. The van der Waals surface area contributed by atoms with Crippen molar-refractivity contribution in [2.24, 2.45) is 0 Å². The summed E-state index contributed by atoms with van der Waals surface area (Å²) in [6.45, 7) is 1.52. The largest absolute Gasteiger partial charge is 0.479 e. The molecule has 0 aromatic carbocycles. The van der Waals surface area contributed by atoms with Crippen LogP contribution in [0.3, 0.4) is 0 Å². The number of aliphatic hydroxyl groups is 1. The van der Waals surface area contributed by atoms with Crippen LogP contribution in [0.2, 0.25) is 0 Å². The van der Waals surface area contributed by atoms with Crippen molar-refractivity contribution >= 4 is 12.0 Å². The molecule has 1 atom stereocenters. The third kappa shape index (κ3) is 4.51. The zero-order chi connectivity index (χ0) is 12.8. The number of carboxylic acids is 1. The lowest BCUT2D eigenvalue weighted by Crippen LogP contribution is -2.41. The minimum Gasteiger partial charge on any atom is -0.479 e. The van der Waals surface area contributed by atoms with Crippen molar-refractivity contribution in [3.63, 3.8) is 0 Å². The SMILES string of the molecule is Cc1cc(CNC(=O)NCC(O)C(=O)O)on1. The minimum atomic E-state index is -1.62. The maximum absolute atomic E-state index is 11.2. The quantitative estimate of drug-likeness (QED) is 0.538. The fourth-order valence-corrected chi connectivity index (χ4v) is 1.01. The zero-order valence-electron chi connectivity index (χ0n) is 9.14. The van der Waals surface area contributed by atoms with Crippen molar-refractivity contribution in [1.82, 2.24) is 15.8 Å². The number of hydrogen-bond donors (Lipinski definition) is 4. The molecule has 8 heteroatoms. The van der Waals surface area contributed by atoms with E-state index in [-0.39, 0.29) is 13.1 Å². The summed E-state index contributed by atoms with van der Waals surface area (Å²) >= 11 is 0. The van der Waals surface area contributed by atoms with E-state index in [1.165, 1.54) is 0 Å². The van der Waals surface area contributed by atoms with Gasteiger partial charge in [-0.25, -0.2) is 9.59 Å². The van der Waals surface area contributed by atoms with E-state index >= 15 is 0 Å². The molecule has 0 aliphatic rings. The summed E-state index contributed by atoms with van der Waals surface area (Å²) in [6, 6.07) is 1.06. The maximum atomic E-state index is 11.2. The molecule has 0 saturated carbocycles. The van der Waals surface area contributed by atoms with Gasteiger partial charge in [0.05, 0.1) is 18.8 Å². The van der Waals surface area contributed by atoms with E-state index in [0.717, 1.165) is 0 Å². The Labute approximate surface area is 96.6 Å². The number of nitrogens with zero attached hydrogens (tertiary/aromatic N) is 1. The highest BCUT2D eigenvalue weighted by Gasteiger charge is 2.13. The van der Waals surface area contributed by atoms with Gasteiger partial charge in [0.1, 0.15) is 0 Å². The molecule has 1 unspecified atom stereocenters. The smallest absolute Gasteiger partial charge is 0.334 e. The highest BCUT2D eigenvalue weighted by atomic mass is 16.5. The zero-order valence-corrected chi connectivity index (χ0v) is 9.14. The highest BCUT2D eigenvalue weighted by Crippen LogP contribution is 2.00. The van der Waals surface area contributed by atoms with Crippen molar-refractivity contribution in [1.29, 1.82) is 0 Å². The molecule has 2 amide bonds. The van der Waals surface area contributed by atoms with Crippen molar-refractivity contribution in [2.45, 2.75) is 19.6 Å². The molecular weight excluding hydrogens is 230 g/mol. The lowest BCUT2D eigenvalue weighted by Gasteiger charge is -2.08. The predicted octanol–water partition coefficient (Wildman–Crippen LogP) is -0.772. The molecule has 94 valence electrons. The van der Waals surface area contributed by atoms with E-state index in [4.69, 9.17) is 14.7 Å². The van der Waals surface area contributed by atoms with Gasteiger partial charge in [-0.1, -0.05) is 5.16 Å². The van der Waals surface area contributed by atoms with E-state index in [2.05, 4.69) is 15.8 Å². The van der Waals surface area contributed by atoms with Gasteiger partial charge in [0.2, 0.25) is 0 Å². The number of aliphatic carboxylic acids is 1. The fourth-order valence-electron chi connectivity index (χ4n) is 1.01. The van der Waals surface area contributed by atoms with Crippen LogP contribution in [0.25, 0.3) is 0 Å². The second-order valence-electron chi connectivity index (χ2n) is 3.35. The van der Waals surface area contributed by atoms with Crippen molar-refractivity contribution in [2.75, 3.05) is 6.54 Å². The Morgan fingerprint density at radius 3 is 2.76 bits per heavy atom. The van der Waals surface area contributed by atoms with Gasteiger partial charge in [0.25, 0.3) is 0 Å². The predicted molar refractivity (Wildman–Crippen MR) is 55.1 cm³/mol. The number of carboxylic acid groups (broad SMARTS) is 1. The topological polar surface area (TPSA) is 125 Å². The number of aromatic nitrogens is 1. The summed E-state index contributed by atoms with van der Waals surface area (Å²) in [6.07, 6.45) is -1.62. The number of carbonyl (C=O) groups excluding carboxylic acids is 1. The Balaban J connectivity index is 2.24. The highest BCUT2D eigenvalue weighted by molar-refractivity contribution is 5.76. The van der Waals surface area contributed by atoms with Crippen LogP contribution in [0, 0.1) is 6.92 Å². The van der Waals surface area contributed by atoms with Gasteiger partial charge in [0.15, 0.2) is 11.9 Å². The van der Waals surface area contributed by atoms with Gasteiger partial charge >= 0.3 is 12.0 Å². The van der Waals surface area contributed by atoms with Gasteiger partial charge < -0.3 is 25.4 Å². The Morgan fingerprint density at radius 1 is 1.53 bits per heavy atom. The molecule has 0 radical (unpaired) electrons. The Hall–Kier alpha value is -2.09. The number of aliphatic hydroxyl groups excluding tert-OH is 1. The minimum absolute atomic E-state index is 0.135. The van der Waals surface area contributed by atoms with Gasteiger partial charge in [-0.05, 0) is 6.92 Å². The first-order valence-corrected chi connectivity index (χ1v) is 4.84. The molecule has 0 bridgehead atoms. The van der Waals surface area contributed by atoms with Crippen LogP contribution in [-0.2, 0) is 11.3 Å². The van der Waals surface area contributed by atoms with Gasteiger partial charge in [0, 0.05) is 6.07 Å². The Morgan fingerprint density at radius 2 is 2.24 bits per heavy atom. The molecule has 0 spiro atoms. The second-order valence-corrected chi connectivity index (χ2v) is 3.35. The summed E-state index contributed by atoms with van der Waals surface area (Å²) < 4.78 is 4.84. The van der Waals surface area contributed by atoms with Gasteiger partial charge in [-0.15, -0.1) is 0 Å². The van der Waals surface area contributed by atoms with E-state index in [9.17, 15) is 9.59 Å². The van der Waals surface area contributed by atoms with Crippen LogP contribution in [-0.4, -0.2) is 40.0 Å². The summed E-state index contributed by atoms with van der Waals surface area (Å²) in [5.74, 6) is -0.910. The normalized spacial score (nSPS) is 11.9. The first kappa shape index (κ1) is 13.0. The van der Waals surface area contributed by atoms with Crippen molar-refractivity contribution in [3.05, 3.63) is 17.5 Å². The number of amides is 2. The van der Waals surface area contributed by atoms with Crippen LogP contribution >= 0.6 is 0 Å². The molecule has 1 heterocycles. The molecule has 1 aromatic heterocycles. The molecule has 17 heavy (non-hydrogen) atoms. The number of rotatable bonds is 5. The molecule has 1 rings (SSSR count). The number of nitrogens with one attached hydrogen (secondary N) is 2. The summed E-state index contributed by atoms with van der Waals surface area (Å²) in [5.41, 5.74) is 0.698. The average Bonchev–Trinajstić information content (AvgIpc) is 2.69. The Bertz CT molecular complexity index is 403. The van der Waals surface area contributed by atoms with E-state index in [1.807, 2.05) is 0 Å². The number of urea groups is 1. The van der Waals surface area contributed by atoms with Crippen molar-refractivity contribution in [3.8, 4) is 0 Å². The summed E-state index contributed by atoms with van der Waals surface area (Å²) in [5, 5.41) is 25.5. The van der Waals surface area contributed by atoms with E-state index in [1.54, 1.807) is 13.0 Å². The molecule has 8 nitrogen and oxygen atoms in total. The van der Waals surface area contributed by atoms with Crippen LogP contribution < -0.4 is 10.6 Å². The molecule has 0 aliphatic carbocycles. The Kier molecular flexibility index (Phi) is 4.46. The van der Waals surface area contributed by atoms with E-state index < -0.39 is 18.1 Å². The number of aryl methyl sites for hydroxylation is 1. The van der Waals surface area contributed by atoms with Crippen LogP contribution in [0.15, 0.2) is 10.6 Å². The first-order valence-electron chi connectivity index (χ1n) is 4.84. The third-order valence-electron chi connectivity index (χ3n) is 1.84. The fraction of sp³-hybridized carbons (Fsp3) is 0.444. The summed E-state index contributed by atoms with van der Waals surface area (Å²) in [4.78, 5) is 21.4. The number of carbonyl (C=O) groups is 2. The lowest BCUT2D eigenvalue weighted by atomic mass is 10.3. The summed E-state index contributed by atoms with van der Waals surface area (Å²) in [7, 11) is 0. The molecule has 0 aliphatic heterocycles. The molecule has 1 aromatic rings. The monoisotopic (exact) mass is 243 g/mol. The molecule has 0 saturated heterocycles. The first-order chi connectivity index (χ1) is 7.99. The van der Waals surface area contributed by atoms with E-state index in [0.29, 0.717) is 11.5 Å². The number of hydrogen-bond acceptors (Lipinski definition) is 5. The second kappa shape index (κ2) is 5.85. The third-order valence-corrected chi connectivity index (χ3v) is 1.84. The van der Waals surface area contributed by atoms with Crippen LogP contribution in [0.4, 0.5) is 4.79 Å². The van der Waals surface area contributed by atoms with Crippen molar-refractivity contribution < 1.29 is 24.3 Å². The van der Waals surface area contributed by atoms with Gasteiger partial charge in [-0.3, -0.25) is 0 Å². The lowest BCUT2D eigenvalue weighted by molar-refractivity contribution is -0.146. The molecule has 0 fully saturated rings. The maximum Gasteiger partial charge on any atom is 0.334 e. The van der Waals surface area contributed by atoms with Crippen LogP contribution in [0.5, 0.6) is 0 Å². The molecule has 4 N–H and O–H groups in total. The van der Waals surface area contributed by atoms with Crippen LogP contribution in [0.1, 0.15) is 11.5 Å².